The Hall–Kier alpha value is -0.860. The summed E-state index contributed by atoms with van der Waals surface area (Å²) in [6.07, 6.45) is 0.899. The summed E-state index contributed by atoms with van der Waals surface area (Å²) < 4.78 is 1.05. The number of carbonyl (C=O) groups excluding carboxylic acids is 1. The molecule has 1 aromatic heterocycles. The topological polar surface area (TPSA) is 17.1 Å². The van der Waals surface area contributed by atoms with Crippen LogP contribution in [0, 0.1) is 6.92 Å². The quantitative estimate of drug-likeness (QED) is 0.561. The average molecular weight is 225 g/mol. The van der Waals surface area contributed by atoms with Gasteiger partial charge in [-0.3, -0.25) is 4.79 Å². The molecule has 0 unspecified atom stereocenters. The van der Waals surface area contributed by atoms with Crippen molar-refractivity contribution >= 4 is 39.3 Å². The van der Waals surface area contributed by atoms with Crippen LogP contribution in [0.25, 0.3) is 10.1 Å². The standard InChI is InChI=1S/C11H9ClOS/c1-7-4-10-8(5-12)2-3-9(6-13)11(10)14-7/h2-4,6H,5H2,1H3. The Morgan fingerprint density at radius 1 is 1.50 bits per heavy atom. The Bertz CT molecular complexity index is 487. The molecule has 0 saturated heterocycles. The Balaban J connectivity index is 2.83. The van der Waals surface area contributed by atoms with E-state index in [0.717, 1.165) is 27.5 Å². The van der Waals surface area contributed by atoms with Crippen LogP contribution in [0.5, 0.6) is 0 Å². The van der Waals surface area contributed by atoms with Gasteiger partial charge in [-0.15, -0.1) is 22.9 Å². The van der Waals surface area contributed by atoms with E-state index >= 15 is 0 Å². The summed E-state index contributed by atoms with van der Waals surface area (Å²) in [6.45, 7) is 2.04. The van der Waals surface area contributed by atoms with Crippen molar-refractivity contribution in [2.75, 3.05) is 0 Å². The van der Waals surface area contributed by atoms with Gasteiger partial charge in [-0.1, -0.05) is 6.07 Å². The van der Waals surface area contributed by atoms with E-state index in [2.05, 4.69) is 6.07 Å². The third kappa shape index (κ3) is 1.45. The number of aryl methyl sites for hydroxylation is 1. The third-order valence-corrected chi connectivity index (χ3v) is 3.59. The minimum Gasteiger partial charge on any atom is -0.298 e. The fraction of sp³-hybridized carbons (Fsp3) is 0.182. The van der Waals surface area contributed by atoms with E-state index in [1.807, 2.05) is 19.1 Å². The number of alkyl halides is 1. The number of hydrogen-bond acceptors (Lipinski definition) is 2. The van der Waals surface area contributed by atoms with Gasteiger partial charge >= 0.3 is 0 Å². The van der Waals surface area contributed by atoms with Crippen molar-refractivity contribution < 1.29 is 4.79 Å². The summed E-state index contributed by atoms with van der Waals surface area (Å²) in [5.74, 6) is 0.492. The minimum atomic E-state index is 0.492. The molecule has 0 N–H and O–H groups in total. The highest BCUT2D eigenvalue weighted by atomic mass is 35.5. The van der Waals surface area contributed by atoms with E-state index in [0.29, 0.717) is 5.88 Å². The molecule has 0 spiro atoms. The smallest absolute Gasteiger partial charge is 0.151 e. The molecule has 1 aromatic carbocycles. The van der Waals surface area contributed by atoms with Gasteiger partial charge in [0, 0.05) is 21.0 Å². The number of rotatable bonds is 2. The first-order valence-electron chi connectivity index (χ1n) is 4.29. The maximum Gasteiger partial charge on any atom is 0.151 e. The Kier molecular flexibility index (Phi) is 2.57. The first-order valence-corrected chi connectivity index (χ1v) is 5.64. The van der Waals surface area contributed by atoms with Crippen LogP contribution in [-0.4, -0.2) is 6.29 Å². The Morgan fingerprint density at radius 2 is 2.29 bits per heavy atom. The second-order valence-corrected chi connectivity index (χ2v) is 4.69. The zero-order chi connectivity index (χ0) is 10.1. The monoisotopic (exact) mass is 224 g/mol. The molecule has 72 valence electrons. The molecule has 1 heterocycles. The third-order valence-electron chi connectivity index (χ3n) is 2.20. The molecule has 0 atom stereocenters. The second kappa shape index (κ2) is 3.71. The number of aldehydes is 1. The summed E-state index contributed by atoms with van der Waals surface area (Å²) >= 11 is 7.47. The summed E-state index contributed by atoms with van der Waals surface area (Å²) in [5, 5.41) is 1.12. The summed E-state index contributed by atoms with van der Waals surface area (Å²) in [5.41, 5.74) is 1.85. The first kappa shape index (κ1) is 9.69. The molecule has 14 heavy (non-hydrogen) atoms. The summed E-state index contributed by atoms with van der Waals surface area (Å²) in [7, 11) is 0. The summed E-state index contributed by atoms with van der Waals surface area (Å²) in [6, 6.07) is 5.85. The van der Waals surface area contributed by atoms with Crippen LogP contribution in [0.15, 0.2) is 18.2 Å². The van der Waals surface area contributed by atoms with Gasteiger partial charge in [0.2, 0.25) is 0 Å². The van der Waals surface area contributed by atoms with Gasteiger partial charge in [0.15, 0.2) is 6.29 Å². The number of thiophene rings is 1. The molecule has 3 heteroatoms. The second-order valence-electron chi connectivity index (χ2n) is 3.17. The first-order chi connectivity index (χ1) is 6.76. The van der Waals surface area contributed by atoms with Crippen molar-refractivity contribution in [1.82, 2.24) is 0 Å². The van der Waals surface area contributed by atoms with Crippen LogP contribution in [-0.2, 0) is 5.88 Å². The predicted octanol–water partition coefficient (Wildman–Crippen LogP) is 3.76. The predicted molar refractivity (Wildman–Crippen MR) is 61.5 cm³/mol. The van der Waals surface area contributed by atoms with Gasteiger partial charge in [0.1, 0.15) is 0 Å². The van der Waals surface area contributed by atoms with E-state index in [1.165, 1.54) is 4.88 Å². The highest BCUT2D eigenvalue weighted by Gasteiger charge is 2.07. The molecule has 0 fully saturated rings. The SMILES string of the molecule is Cc1cc2c(CCl)ccc(C=O)c2s1. The molecule has 0 radical (unpaired) electrons. The zero-order valence-electron chi connectivity index (χ0n) is 7.71. The molecule has 0 amide bonds. The molecule has 1 nitrogen and oxygen atoms in total. The lowest BCUT2D eigenvalue weighted by molar-refractivity contribution is 0.112. The molecule has 0 bridgehead atoms. The van der Waals surface area contributed by atoms with Crippen molar-refractivity contribution in [1.29, 1.82) is 0 Å². The van der Waals surface area contributed by atoms with Crippen molar-refractivity contribution in [2.45, 2.75) is 12.8 Å². The highest BCUT2D eigenvalue weighted by molar-refractivity contribution is 7.19. The van der Waals surface area contributed by atoms with Crippen LogP contribution in [0.1, 0.15) is 20.8 Å². The molecule has 0 aliphatic rings. The number of hydrogen-bond donors (Lipinski definition) is 0. The van der Waals surface area contributed by atoms with Crippen LogP contribution in [0.3, 0.4) is 0 Å². The van der Waals surface area contributed by atoms with Crippen molar-refractivity contribution in [2.24, 2.45) is 0 Å². The largest absolute Gasteiger partial charge is 0.298 e. The highest BCUT2D eigenvalue weighted by Crippen LogP contribution is 2.31. The van der Waals surface area contributed by atoms with Crippen molar-refractivity contribution in [3.05, 3.63) is 34.2 Å². The van der Waals surface area contributed by atoms with Gasteiger partial charge in [0.25, 0.3) is 0 Å². The average Bonchev–Trinajstić information content (AvgIpc) is 2.57. The zero-order valence-corrected chi connectivity index (χ0v) is 9.28. The number of fused-ring (bicyclic) bond motifs is 1. The van der Waals surface area contributed by atoms with Gasteiger partial charge in [-0.2, -0.15) is 0 Å². The normalized spacial score (nSPS) is 10.7. The molecule has 0 saturated carbocycles. The Morgan fingerprint density at radius 3 is 2.93 bits per heavy atom. The lowest BCUT2D eigenvalue weighted by Gasteiger charge is -1.99. The number of carbonyl (C=O) groups is 1. The number of halogens is 1. The molecular weight excluding hydrogens is 216 g/mol. The molecule has 2 aromatic rings. The van der Waals surface area contributed by atoms with E-state index in [-0.39, 0.29) is 0 Å². The van der Waals surface area contributed by atoms with Gasteiger partial charge in [-0.25, -0.2) is 0 Å². The maximum absolute atomic E-state index is 10.8. The van der Waals surface area contributed by atoms with Gasteiger partial charge in [-0.05, 0) is 30.0 Å². The molecular formula is C11H9ClOS. The molecule has 2 rings (SSSR count). The van der Waals surface area contributed by atoms with E-state index in [4.69, 9.17) is 11.6 Å². The number of benzene rings is 1. The van der Waals surface area contributed by atoms with Crippen molar-refractivity contribution in [3.8, 4) is 0 Å². The fourth-order valence-corrected chi connectivity index (χ4v) is 2.80. The van der Waals surface area contributed by atoms with Crippen LogP contribution >= 0.6 is 22.9 Å². The lowest BCUT2D eigenvalue weighted by atomic mass is 10.1. The van der Waals surface area contributed by atoms with Crippen LogP contribution in [0.2, 0.25) is 0 Å². The fourth-order valence-electron chi connectivity index (χ4n) is 1.53. The van der Waals surface area contributed by atoms with Gasteiger partial charge < -0.3 is 0 Å². The lowest BCUT2D eigenvalue weighted by Crippen LogP contribution is -1.83. The van der Waals surface area contributed by atoms with E-state index < -0.39 is 0 Å². The van der Waals surface area contributed by atoms with E-state index in [9.17, 15) is 4.79 Å². The van der Waals surface area contributed by atoms with Crippen LogP contribution < -0.4 is 0 Å². The van der Waals surface area contributed by atoms with Gasteiger partial charge in [0.05, 0.1) is 0 Å². The summed E-state index contributed by atoms with van der Waals surface area (Å²) in [4.78, 5) is 12.0. The minimum absolute atomic E-state index is 0.492. The molecule has 0 aliphatic heterocycles. The van der Waals surface area contributed by atoms with Crippen molar-refractivity contribution in [3.63, 3.8) is 0 Å². The Labute approximate surface area is 91.3 Å². The van der Waals surface area contributed by atoms with E-state index in [1.54, 1.807) is 11.3 Å². The maximum atomic E-state index is 10.8. The van der Waals surface area contributed by atoms with Crippen LogP contribution in [0.4, 0.5) is 0 Å². The molecule has 0 aliphatic carbocycles.